The number of hydrogen-bond donors (Lipinski definition) is 1. The highest BCUT2D eigenvalue weighted by molar-refractivity contribution is 5.86. The Bertz CT molecular complexity index is 400. The molecule has 1 aliphatic heterocycles. The molecule has 0 radical (unpaired) electrons. The molecule has 24 heavy (non-hydrogen) atoms. The summed E-state index contributed by atoms with van der Waals surface area (Å²) in [6.45, 7) is 12.8. The SMILES string of the molecule is CCCC(C)(N)C(=O)N1CCCN(CC(=O)N(CC)CC)CC1.Cl. The van der Waals surface area contributed by atoms with Gasteiger partial charge in [0.2, 0.25) is 11.8 Å². The zero-order valence-corrected chi connectivity index (χ0v) is 16.5. The quantitative estimate of drug-likeness (QED) is 0.741. The van der Waals surface area contributed by atoms with Gasteiger partial charge in [0.05, 0.1) is 12.1 Å². The lowest BCUT2D eigenvalue weighted by Gasteiger charge is -2.31. The van der Waals surface area contributed by atoms with Crippen LogP contribution in [0, 0.1) is 0 Å². The van der Waals surface area contributed by atoms with Gasteiger partial charge < -0.3 is 15.5 Å². The van der Waals surface area contributed by atoms with Crippen molar-refractivity contribution in [3.05, 3.63) is 0 Å². The minimum Gasteiger partial charge on any atom is -0.342 e. The highest BCUT2D eigenvalue weighted by Crippen LogP contribution is 2.15. The Morgan fingerprint density at radius 1 is 1.08 bits per heavy atom. The summed E-state index contributed by atoms with van der Waals surface area (Å²) < 4.78 is 0. The van der Waals surface area contributed by atoms with Crippen LogP contribution < -0.4 is 5.73 Å². The Hall–Kier alpha value is -0.850. The zero-order valence-electron chi connectivity index (χ0n) is 15.7. The van der Waals surface area contributed by atoms with Crippen molar-refractivity contribution in [3.8, 4) is 0 Å². The van der Waals surface area contributed by atoms with Crippen molar-refractivity contribution in [1.29, 1.82) is 0 Å². The molecular weight excluding hydrogens is 328 g/mol. The van der Waals surface area contributed by atoms with Gasteiger partial charge in [-0.25, -0.2) is 0 Å². The van der Waals surface area contributed by atoms with Crippen LogP contribution in [0.15, 0.2) is 0 Å². The predicted molar refractivity (Wildman–Crippen MR) is 100 cm³/mol. The van der Waals surface area contributed by atoms with Crippen molar-refractivity contribution in [3.63, 3.8) is 0 Å². The van der Waals surface area contributed by atoms with E-state index >= 15 is 0 Å². The molecule has 1 unspecified atom stereocenters. The Morgan fingerprint density at radius 2 is 1.71 bits per heavy atom. The van der Waals surface area contributed by atoms with Crippen LogP contribution >= 0.6 is 12.4 Å². The van der Waals surface area contributed by atoms with Crippen molar-refractivity contribution in [1.82, 2.24) is 14.7 Å². The van der Waals surface area contributed by atoms with Crippen LogP contribution in [0.5, 0.6) is 0 Å². The Morgan fingerprint density at radius 3 is 2.25 bits per heavy atom. The van der Waals surface area contributed by atoms with E-state index in [4.69, 9.17) is 5.73 Å². The molecular formula is C17H35ClN4O2. The molecule has 0 aromatic carbocycles. The first-order valence-electron chi connectivity index (χ1n) is 8.94. The van der Waals surface area contributed by atoms with E-state index in [0.717, 1.165) is 45.6 Å². The van der Waals surface area contributed by atoms with Gasteiger partial charge in [-0.05, 0) is 33.6 Å². The van der Waals surface area contributed by atoms with E-state index in [0.29, 0.717) is 19.5 Å². The third-order valence-corrected chi connectivity index (χ3v) is 4.61. The molecule has 1 saturated heterocycles. The van der Waals surface area contributed by atoms with E-state index in [-0.39, 0.29) is 24.2 Å². The van der Waals surface area contributed by atoms with E-state index < -0.39 is 5.54 Å². The van der Waals surface area contributed by atoms with Crippen molar-refractivity contribution in [2.45, 2.75) is 52.5 Å². The average Bonchev–Trinajstić information content (AvgIpc) is 2.73. The van der Waals surface area contributed by atoms with Crippen LogP contribution in [-0.4, -0.2) is 77.9 Å². The Balaban J connectivity index is 0.00000529. The van der Waals surface area contributed by atoms with Crippen molar-refractivity contribution >= 4 is 24.2 Å². The molecule has 0 aromatic rings. The fourth-order valence-corrected chi connectivity index (χ4v) is 3.19. The molecule has 2 amide bonds. The van der Waals surface area contributed by atoms with Crippen LogP contribution in [0.2, 0.25) is 0 Å². The van der Waals surface area contributed by atoms with Crippen molar-refractivity contribution in [2.24, 2.45) is 5.73 Å². The number of hydrogen-bond acceptors (Lipinski definition) is 4. The molecule has 0 bridgehead atoms. The highest BCUT2D eigenvalue weighted by atomic mass is 35.5. The summed E-state index contributed by atoms with van der Waals surface area (Å²) in [6.07, 6.45) is 2.49. The molecule has 0 aliphatic carbocycles. The second-order valence-electron chi connectivity index (χ2n) is 6.66. The van der Waals surface area contributed by atoms with E-state index in [1.165, 1.54) is 0 Å². The summed E-state index contributed by atoms with van der Waals surface area (Å²) in [5, 5.41) is 0. The van der Waals surface area contributed by atoms with Gasteiger partial charge >= 0.3 is 0 Å². The largest absolute Gasteiger partial charge is 0.342 e. The second-order valence-corrected chi connectivity index (χ2v) is 6.66. The molecule has 0 saturated carbocycles. The first-order chi connectivity index (χ1) is 10.9. The standard InChI is InChI=1S/C17H34N4O2.ClH/c1-5-9-17(4,18)16(23)21-11-8-10-19(12-13-21)14-15(22)20(6-2)7-3;/h5-14,18H2,1-4H3;1H. The van der Waals surface area contributed by atoms with Crippen LogP contribution in [0.25, 0.3) is 0 Å². The van der Waals surface area contributed by atoms with Crippen LogP contribution in [0.3, 0.4) is 0 Å². The molecule has 1 atom stereocenters. The van der Waals surface area contributed by atoms with E-state index in [1.54, 1.807) is 0 Å². The minimum absolute atomic E-state index is 0. The fraction of sp³-hybridized carbons (Fsp3) is 0.882. The van der Waals surface area contributed by atoms with Gasteiger partial charge in [-0.1, -0.05) is 13.3 Å². The Labute approximate surface area is 153 Å². The summed E-state index contributed by atoms with van der Waals surface area (Å²) in [5.41, 5.74) is 5.40. The number of nitrogens with zero attached hydrogens (tertiary/aromatic N) is 3. The summed E-state index contributed by atoms with van der Waals surface area (Å²) >= 11 is 0. The molecule has 142 valence electrons. The van der Waals surface area contributed by atoms with Gasteiger partial charge in [-0.15, -0.1) is 12.4 Å². The first-order valence-corrected chi connectivity index (χ1v) is 8.94. The second kappa shape index (κ2) is 10.9. The number of likely N-dealkylation sites (N-methyl/N-ethyl adjacent to an activating group) is 1. The third-order valence-electron chi connectivity index (χ3n) is 4.61. The minimum atomic E-state index is -0.777. The van der Waals surface area contributed by atoms with E-state index in [1.807, 2.05) is 37.5 Å². The number of amides is 2. The lowest BCUT2D eigenvalue weighted by atomic mass is 9.95. The van der Waals surface area contributed by atoms with Gasteiger partial charge in [0.25, 0.3) is 0 Å². The molecule has 1 aliphatic rings. The topological polar surface area (TPSA) is 69.9 Å². The van der Waals surface area contributed by atoms with Crippen molar-refractivity contribution in [2.75, 3.05) is 45.8 Å². The smallest absolute Gasteiger partial charge is 0.242 e. The molecule has 7 heteroatoms. The molecule has 2 N–H and O–H groups in total. The summed E-state index contributed by atoms with van der Waals surface area (Å²) in [4.78, 5) is 30.7. The predicted octanol–water partition coefficient (Wildman–Crippen LogP) is 1.33. The van der Waals surface area contributed by atoms with Gasteiger partial charge in [-0.2, -0.15) is 0 Å². The number of rotatable bonds is 7. The molecule has 6 nitrogen and oxygen atoms in total. The van der Waals surface area contributed by atoms with E-state index in [2.05, 4.69) is 4.90 Å². The van der Waals surface area contributed by atoms with Gasteiger partial charge in [-0.3, -0.25) is 14.5 Å². The summed E-state index contributed by atoms with van der Waals surface area (Å²) in [7, 11) is 0. The fourth-order valence-electron chi connectivity index (χ4n) is 3.19. The summed E-state index contributed by atoms with van der Waals surface area (Å²) in [6, 6.07) is 0. The van der Waals surface area contributed by atoms with Crippen LogP contribution in [-0.2, 0) is 9.59 Å². The molecule has 0 spiro atoms. The molecule has 1 rings (SSSR count). The molecule has 1 heterocycles. The van der Waals surface area contributed by atoms with Gasteiger partial charge in [0.15, 0.2) is 0 Å². The van der Waals surface area contributed by atoms with Crippen LogP contribution in [0.1, 0.15) is 47.0 Å². The lowest BCUT2D eigenvalue weighted by Crippen LogP contribution is -2.54. The highest BCUT2D eigenvalue weighted by Gasteiger charge is 2.32. The zero-order chi connectivity index (χ0) is 17.5. The third kappa shape index (κ3) is 6.57. The average molecular weight is 363 g/mol. The lowest BCUT2D eigenvalue weighted by molar-refractivity contribution is -0.136. The normalized spacial score (nSPS) is 18.3. The van der Waals surface area contributed by atoms with Crippen molar-refractivity contribution < 1.29 is 9.59 Å². The Kier molecular flexibility index (Phi) is 10.5. The van der Waals surface area contributed by atoms with Gasteiger partial charge in [0.1, 0.15) is 0 Å². The van der Waals surface area contributed by atoms with E-state index in [9.17, 15) is 9.59 Å². The monoisotopic (exact) mass is 362 g/mol. The molecule has 0 aromatic heterocycles. The number of carbonyl (C=O) groups excluding carboxylic acids is 2. The van der Waals surface area contributed by atoms with Gasteiger partial charge in [0, 0.05) is 39.3 Å². The maximum atomic E-state index is 12.6. The van der Waals surface area contributed by atoms with Crippen LogP contribution in [0.4, 0.5) is 0 Å². The number of halogens is 1. The number of carbonyl (C=O) groups is 2. The number of nitrogens with two attached hydrogens (primary N) is 1. The molecule has 1 fully saturated rings. The first kappa shape index (κ1) is 23.1. The maximum absolute atomic E-state index is 12.6. The summed E-state index contributed by atoms with van der Waals surface area (Å²) in [5.74, 6) is 0.209. The maximum Gasteiger partial charge on any atom is 0.242 e.